The van der Waals surface area contributed by atoms with Crippen molar-refractivity contribution in [2.75, 3.05) is 0 Å². The average molecular weight is 248 g/mol. The molecule has 0 saturated heterocycles. The van der Waals surface area contributed by atoms with Gasteiger partial charge in [0.05, 0.1) is 0 Å². The van der Waals surface area contributed by atoms with E-state index in [1.54, 1.807) is 0 Å². The van der Waals surface area contributed by atoms with E-state index in [2.05, 4.69) is 15.5 Å². The molecule has 0 bridgehead atoms. The van der Waals surface area contributed by atoms with Crippen LogP contribution in [0.15, 0.2) is 12.4 Å². The Morgan fingerprint density at radius 1 is 1.56 bits per heavy atom. The molecular weight excluding hydrogens is 232 g/mol. The van der Waals surface area contributed by atoms with E-state index in [0.29, 0.717) is 17.8 Å². The molecule has 0 aromatic carbocycles. The molecule has 6 nitrogen and oxygen atoms in total. The summed E-state index contributed by atoms with van der Waals surface area (Å²) in [5, 5.41) is 20.5. The highest BCUT2D eigenvalue weighted by molar-refractivity contribution is 5.77. The van der Waals surface area contributed by atoms with Gasteiger partial charge in [-0.3, -0.25) is 9.20 Å². The highest BCUT2D eigenvalue weighted by Gasteiger charge is 2.13. The normalized spacial score (nSPS) is 11.1. The van der Waals surface area contributed by atoms with Gasteiger partial charge < -0.3 is 10.4 Å². The number of nitrogens with zero attached hydrogens (tertiary/aromatic N) is 3. The first-order chi connectivity index (χ1) is 8.50. The predicted molar refractivity (Wildman–Crippen MR) is 66.1 cm³/mol. The molecule has 0 radical (unpaired) electrons. The van der Waals surface area contributed by atoms with E-state index in [-0.39, 0.29) is 17.7 Å². The summed E-state index contributed by atoms with van der Waals surface area (Å²) >= 11 is 0. The van der Waals surface area contributed by atoms with Gasteiger partial charge in [0.25, 0.3) is 0 Å². The SMILES string of the molecule is Cc1cc2nncn2c(O)c1CNC(=O)C(C)C. The van der Waals surface area contributed by atoms with Gasteiger partial charge in [0.1, 0.15) is 6.33 Å². The highest BCUT2D eigenvalue weighted by Crippen LogP contribution is 2.22. The number of aromatic hydroxyl groups is 1. The Morgan fingerprint density at radius 3 is 2.94 bits per heavy atom. The molecule has 2 aromatic heterocycles. The quantitative estimate of drug-likeness (QED) is 0.849. The molecule has 1 amide bonds. The first-order valence-corrected chi connectivity index (χ1v) is 5.79. The Bertz CT molecular complexity index is 589. The molecule has 96 valence electrons. The zero-order chi connectivity index (χ0) is 13.3. The second-order valence-electron chi connectivity index (χ2n) is 4.56. The third-order valence-electron chi connectivity index (χ3n) is 2.86. The second kappa shape index (κ2) is 4.64. The Balaban J connectivity index is 2.30. The Labute approximate surface area is 105 Å². The molecular formula is C12H16N4O2. The number of hydrogen-bond acceptors (Lipinski definition) is 4. The number of aromatic nitrogens is 3. The van der Waals surface area contributed by atoms with Crippen molar-refractivity contribution in [1.82, 2.24) is 19.9 Å². The smallest absolute Gasteiger partial charge is 0.222 e. The van der Waals surface area contributed by atoms with E-state index in [4.69, 9.17) is 0 Å². The van der Waals surface area contributed by atoms with Gasteiger partial charge >= 0.3 is 0 Å². The van der Waals surface area contributed by atoms with Crippen molar-refractivity contribution in [3.05, 3.63) is 23.5 Å². The van der Waals surface area contributed by atoms with Gasteiger partial charge in [-0.05, 0) is 18.6 Å². The van der Waals surface area contributed by atoms with Crippen LogP contribution in [0, 0.1) is 12.8 Å². The van der Waals surface area contributed by atoms with Gasteiger partial charge in [-0.25, -0.2) is 0 Å². The van der Waals surface area contributed by atoms with Crippen LogP contribution in [-0.4, -0.2) is 25.6 Å². The summed E-state index contributed by atoms with van der Waals surface area (Å²) in [5.74, 6) is -0.0530. The average Bonchev–Trinajstić information content (AvgIpc) is 2.76. The van der Waals surface area contributed by atoms with Crippen molar-refractivity contribution in [2.45, 2.75) is 27.3 Å². The summed E-state index contributed by atoms with van der Waals surface area (Å²) in [6, 6.07) is 1.82. The standard InChI is InChI=1S/C12H16N4O2/c1-7(2)11(17)13-5-9-8(3)4-10-15-14-6-16(10)12(9)18/h4,6-7,18H,5H2,1-3H3,(H,13,17). The lowest BCUT2D eigenvalue weighted by molar-refractivity contribution is -0.124. The maximum atomic E-state index is 11.5. The molecule has 2 N–H and O–H groups in total. The number of aryl methyl sites for hydroxylation is 1. The molecule has 0 aliphatic carbocycles. The number of pyridine rings is 1. The van der Waals surface area contributed by atoms with Crippen LogP contribution in [0.1, 0.15) is 25.0 Å². The van der Waals surface area contributed by atoms with Gasteiger partial charge in [0, 0.05) is 18.0 Å². The zero-order valence-corrected chi connectivity index (χ0v) is 10.6. The molecule has 2 heterocycles. The first kappa shape index (κ1) is 12.3. The monoisotopic (exact) mass is 248 g/mol. The highest BCUT2D eigenvalue weighted by atomic mass is 16.3. The molecule has 0 aliphatic heterocycles. The van der Waals surface area contributed by atoms with E-state index in [1.165, 1.54) is 10.7 Å². The number of rotatable bonds is 3. The van der Waals surface area contributed by atoms with E-state index in [9.17, 15) is 9.90 Å². The fourth-order valence-corrected chi connectivity index (χ4v) is 1.71. The van der Waals surface area contributed by atoms with Crippen LogP contribution in [0.5, 0.6) is 5.88 Å². The summed E-state index contributed by atoms with van der Waals surface area (Å²) in [6.07, 6.45) is 1.44. The van der Waals surface area contributed by atoms with Gasteiger partial charge in [-0.15, -0.1) is 10.2 Å². The van der Waals surface area contributed by atoms with Crippen LogP contribution >= 0.6 is 0 Å². The molecule has 0 saturated carbocycles. The van der Waals surface area contributed by atoms with E-state index >= 15 is 0 Å². The number of amides is 1. The lowest BCUT2D eigenvalue weighted by Gasteiger charge is -2.12. The van der Waals surface area contributed by atoms with E-state index in [1.807, 2.05) is 26.8 Å². The number of hydrogen-bond donors (Lipinski definition) is 2. The van der Waals surface area contributed by atoms with Crippen LogP contribution in [-0.2, 0) is 11.3 Å². The minimum Gasteiger partial charge on any atom is -0.494 e. The van der Waals surface area contributed by atoms with Gasteiger partial charge in [-0.2, -0.15) is 0 Å². The maximum absolute atomic E-state index is 11.5. The predicted octanol–water partition coefficient (Wildman–Crippen LogP) is 1.02. The Morgan fingerprint density at radius 2 is 2.28 bits per heavy atom. The summed E-state index contributed by atoms with van der Waals surface area (Å²) in [6.45, 7) is 5.81. The molecule has 0 atom stereocenters. The van der Waals surface area contributed by atoms with Crippen molar-refractivity contribution in [1.29, 1.82) is 0 Å². The van der Waals surface area contributed by atoms with Crippen LogP contribution in [0.25, 0.3) is 5.65 Å². The second-order valence-corrected chi connectivity index (χ2v) is 4.56. The van der Waals surface area contributed by atoms with Crippen LogP contribution < -0.4 is 5.32 Å². The number of carbonyl (C=O) groups excluding carboxylic acids is 1. The first-order valence-electron chi connectivity index (χ1n) is 5.79. The van der Waals surface area contributed by atoms with Crippen molar-refractivity contribution in [3.63, 3.8) is 0 Å². The minimum absolute atomic E-state index is 0.0438. The van der Waals surface area contributed by atoms with Crippen molar-refractivity contribution < 1.29 is 9.90 Å². The molecule has 0 fully saturated rings. The van der Waals surface area contributed by atoms with Gasteiger partial charge in [-0.1, -0.05) is 13.8 Å². The minimum atomic E-state index is -0.0777. The Kier molecular flexibility index (Phi) is 3.18. The van der Waals surface area contributed by atoms with Crippen molar-refractivity contribution >= 4 is 11.6 Å². The molecule has 0 aliphatic rings. The third-order valence-corrected chi connectivity index (χ3v) is 2.86. The fraction of sp³-hybridized carbons (Fsp3) is 0.417. The zero-order valence-electron chi connectivity index (χ0n) is 10.6. The topological polar surface area (TPSA) is 79.5 Å². The van der Waals surface area contributed by atoms with Crippen molar-refractivity contribution in [3.8, 4) is 5.88 Å². The van der Waals surface area contributed by atoms with Crippen LogP contribution in [0.4, 0.5) is 0 Å². The summed E-state index contributed by atoms with van der Waals surface area (Å²) in [7, 11) is 0. The molecule has 0 spiro atoms. The van der Waals surface area contributed by atoms with E-state index < -0.39 is 0 Å². The summed E-state index contributed by atoms with van der Waals surface area (Å²) < 4.78 is 1.49. The third kappa shape index (κ3) is 2.13. The number of fused-ring (bicyclic) bond motifs is 1. The lowest BCUT2D eigenvalue weighted by Crippen LogP contribution is -2.27. The largest absolute Gasteiger partial charge is 0.494 e. The summed E-state index contributed by atoms with van der Waals surface area (Å²) in [4.78, 5) is 11.5. The molecule has 0 unspecified atom stereocenters. The van der Waals surface area contributed by atoms with Crippen LogP contribution in [0.3, 0.4) is 0 Å². The van der Waals surface area contributed by atoms with Gasteiger partial charge in [0.15, 0.2) is 5.65 Å². The fourth-order valence-electron chi connectivity index (χ4n) is 1.71. The molecule has 2 rings (SSSR count). The molecule has 6 heteroatoms. The summed E-state index contributed by atoms with van der Waals surface area (Å²) in [5.41, 5.74) is 2.14. The van der Waals surface area contributed by atoms with Crippen LogP contribution in [0.2, 0.25) is 0 Å². The Hall–Kier alpha value is -2.11. The maximum Gasteiger partial charge on any atom is 0.222 e. The lowest BCUT2D eigenvalue weighted by atomic mass is 10.1. The number of nitrogens with one attached hydrogen (secondary N) is 1. The van der Waals surface area contributed by atoms with E-state index in [0.717, 1.165) is 5.56 Å². The van der Waals surface area contributed by atoms with Gasteiger partial charge in [0.2, 0.25) is 11.8 Å². The molecule has 2 aromatic rings. The number of carbonyl (C=O) groups is 1. The van der Waals surface area contributed by atoms with Crippen molar-refractivity contribution in [2.24, 2.45) is 5.92 Å². The molecule has 18 heavy (non-hydrogen) atoms.